The maximum absolute atomic E-state index is 12.2. The summed E-state index contributed by atoms with van der Waals surface area (Å²) in [5.41, 5.74) is 1.95. The number of aromatic nitrogens is 2. The molecule has 1 heterocycles. The Kier molecular flexibility index (Phi) is 2.79. The van der Waals surface area contributed by atoms with E-state index in [1.807, 2.05) is 19.1 Å². The van der Waals surface area contributed by atoms with Gasteiger partial charge in [-0.1, -0.05) is 23.7 Å². The van der Waals surface area contributed by atoms with Crippen molar-refractivity contribution in [1.29, 1.82) is 0 Å². The summed E-state index contributed by atoms with van der Waals surface area (Å²) in [5, 5.41) is 4.48. The molecule has 1 aromatic heterocycles. The summed E-state index contributed by atoms with van der Waals surface area (Å²) in [5.74, 6) is -0.103. The number of benzene rings is 1. The van der Waals surface area contributed by atoms with E-state index in [0.29, 0.717) is 16.3 Å². The van der Waals surface area contributed by atoms with Crippen LogP contribution in [-0.4, -0.2) is 15.6 Å². The van der Waals surface area contributed by atoms with Gasteiger partial charge in [0, 0.05) is 18.8 Å². The first-order chi connectivity index (χ1) is 7.61. The van der Waals surface area contributed by atoms with Crippen LogP contribution in [0.5, 0.6) is 0 Å². The van der Waals surface area contributed by atoms with E-state index in [1.165, 1.54) is 0 Å². The van der Waals surface area contributed by atoms with E-state index in [4.69, 9.17) is 11.6 Å². The van der Waals surface area contributed by atoms with E-state index in [0.717, 1.165) is 5.56 Å². The van der Waals surface area contributed by atoms with Gasteiger partial charge in [0.1, 0.15) is 5.69 Å². The summed E-state index contributed by atoms with van der Waals surface area (Å²) >= 11 is 6.11. The largest absolute Gasteiger partial charge is 0.287 e. The average Bonchev–Trinajstić information content (AvgIpc) is 2.68. The molecule has 0 saturated heterocycles. The normalized spacial score (nSPS) is 10.4. The molecule has 4 heteroatoms. The lowest BCUT2D eigenvalue weighted by molar-refractivity contribution is 0.103. The molecule has 0 bridgehead atoms. The van der Waals surface area contributed by atoms with Crippen LogP contribution >= 0.6 is 11.6 Å². The Bertz CT molecular complexity index is 546. The monoisotopic (exact) mass is 234 g/mol. The first-order valence-electron chi connectivity index (χ1n) is 4.89. The topological polar surface area (TPSA) is 34.9 Å². The molecular weight excluding hydrogens is 224 g/mol. The molecule has 16 heavy (non-hydrogen) atoms. The molecule has 0 aliphatic rings. The van der Waals surface area contributed by atoms with Crippen LogP contribution < -0.4 is 0 Å². The summed E-state index contributed by atoms with van der Waals surface area (Å²) in [4.78, 5) is 12.2. The van der Waals surface area contributed by atoms with E-state index in [1.54, 1.807) is 30.1 Å². The lowest BCUT2D eigenvalue weighted by Crippen LogP contribution is -2.09. The third kappa shape index (κ3) is 1.74. The van der Waals surface area contributed by atoms with Gasteiger partial charge < -0.3 is 0 Å². The van der Waals surface area contributed by atoms with Crippen molar-refractivity contribution in [3.8, 4) is 0 Å². The number of ketones is 1. The van der Waals surface area contributed by atoms with Crippen molar-refractivity contribution in [2.24, 2.45) is 7.05 Å². The predicted octanol–water partition coefficient (Wildman–Crippen LogP) is 2.61. The molecule has 0 N–H and O–H groups in total. The average molecular weight is 235 g/mol. The van der Waals surface area contributed by atoms with E-state index in [2.05, 4.69) is 5.10 Å². The van der Waals surface area contributed by atoms with Gasteiger partial charge in [-0.25, -0.2) is 0 Å². The predicted molar refractivity (Wildman–Crippen MR) is 62.8 cm³/mol. The van der Waals surface area contributed by atoms with Gasteiger partial charge in [-0.2, -0.15) is 5.10 Å². The lowest BCUT2D eigenvalue weighted by Gasteiger charge is -2.05. The van der Waals surface area contributed by atoms with Crippen molar-refractivity contribution in [3.63, 3.8) is 0 Å². The van der Waals surface area contributed by atoms with Crippen LogP contribution in [0.3, 0.4) is 0 Å². The number of carbonyl (C=O) groups excluding carboxylic acids is 1. The van der Waals surface area contributed by atoms with Crippen LogP contribution in [-0.2, 0) is 7.05 Å². The van der Waals surface area contributed by atoms with Gasteiger partial charge >= 0.3 is 0 Å². The Morgan fingerprint density at radius 2 is 2.12 bits per heavy atom. The quantitative estimate of drug-likeness (QED) is 0.749. The molecule has 0 unspecified atom stereocenters. The molecular formula is C12H11ClN2O. The smallest absolute Gasteiger partial charge is 0.212 e. The maximum atomic E-state index is 12.2. The molecule has 82 valence electrons. The fourth-order valence-corrected chi connectivity index (χ4v) is 1.77. The van der Waals surface area contributed by atoms with Gasteiger partial charge in [0.15, 0.2) is 0 Å². The van der Waals surface area contributed by atoms with Crippen molar-refractivity contribution in [1.82, 2.24) is 9.78 Å². The SMILES string of the molecule is Cc1cccc(C(=O)c2ccnn2C)c1Cl. The second-order valence-corrected chi connectivity index (χ2v) is 3.98. The second-order valence-electron chi connectivity index (χ2n) is 3.61. The highest BCUT2D eigenvalue weighted by Crippen LogP contribution is 2.22. The zero-order valence-electron chi connectivity index (χ0n) is 9.07. The lowest BCUT2D eigenvalue weighted by atomic mass is 10.1. The number of nitrogens with zero attached hydrogens (tertiary/aromatic N) is 2. The first-order valence-corrected chi connectivity index (χ1v) is 5.27. The van der Waals surface area contributed by atoms with Crippen molar-refractivity contribution in [3.05, 3.63) is 52.3 Å². The Morgan fingerprint density at radius 3 is 2.75 bits per heavy atom. The van der Waals surface area contributed by atoms with Crippen LogP contribution in [0.2, 0.25) is 5.02 Å². The standard InChI is InChI=1S/C12H11ClN2O/c1-8-4-3-5-9(11(8)13)12(16)10-6-7-14-15(10)2/h3-7H,1-2H3. The fraction of sp³-hybridized carbons (Fsp3) is 0.167. The van der Waals surface area contributed by atoms with Gasteiger partial charge in [0.05, 0.1) is 5.02 Å². The second kappa shape index (κ2) is 4.10. The minimum Gasteiger partial charge on any atom is -0.287 e. The molecule has 0 spiro atoms. The van der Waals surface area contributed by atoms with Crippen molar-refractivity contribution in [2.45, 2.75) is 6.92 Å². The Morgan fingerprint density at radius 1 is 1.38 bits per heavy atom. The van der Waals surface area contributed by atoms with Crippen molar-refractivity contribution < 1.29 is 4.79 Å². The minimum atomic E-state index is -0.103. The van der Waals surface area contributed by atoms with Gasteiger partial charge in [-0.05, 0) is 24.6 Å². The van der Waals surface area contributed by atoms with Crippen LogP contribution in [0.25, 0.3) is 0 Å². The third-order valence-corrected chi connectivity index (χ3v) is 2.99. The van der Waals surface area contributed by atoms with E-state index >= 15 is 0 Å². The first kappa shape index (κ1) is 10.9. The molecule has 3 nitrogen and oxygen atoms in total. The molecule has 2 rings (SSSR count). The number of hydrogen-bond acceptors (Lipinski definition) is 2. The highest BCUT2D eigenvalue weighted by Gasteiger charge is 2.16. The Balaban J connectivity index is 2.50. The molecule has 0 amide bonds. The molecule has 1 aromatic carbocycles. The van der Waals surface area contributed by atoms with E-state index in [-0.39, 0.29) is 5.78 Å². The molecule has 0 saturated carbocycles. The van der Waals surface area contributed by atoms with Crippen LogP contribution in [0, 0.1) is 6.92 Å². The molecule has 0 aliphatic carbocycles. The number of hydrogen-bond donors (Lipinski definition) is 0. The van der Waals surface area contributed by atoms with E-state index < -0.39 is 0 Å². The minimum absolute atomic E-state index is 0.103. The Labute approximate surface area is 98.7 Å². The molecule has 0 atom stereocenters. The molecule has 0 fully saturated rings. The molecule has 0 radical (unpaired) electrons. The number of aryl methyl sites for hydroxylation is 2. The summed E-state index contributed by atoms with van der Waals surface area (Å²) in [6.07, 6.45) is 1.59. The number of rotatable bonds is 2. The summed E-state index contributed by atoms with van der Waals surface area (Å²) in [7, 11) is 1.73. The highest BCUT2D eigenvalue weighted by atomic mass is 35.5. The molecule has 0 aliphatic heterocycles. The van der Waals surface area contributed by atoms with Gasteiger partial charge in [-0.15, -0.1) is 0 Å². The zero-order chi connectivity index (χ0) is 11.7. The van der Waals surface area contributed by atoms with Gasteiger partial charge in [-0.3, -0.25) is 9.48 Å². The van der Waals surface area contributed by atoms with Gasteiger partial charge in [0.25, 0.3) is 0 Å². The third-order valence-electron chi connectivity index (χ3n) is 2.49. The van der Waals surface area contributed by atoms with Crippen molar-refractivity contribution >= 4 is 17.4 Å². The molecule has 2 aromatic rings. The number of carbonyl (C=O) groups is 1. The Hall–Kier alpha value is -1.61. The number of halogens is 1. The van der Waals surface area contributed by atoms with E-state index in [9.17, 15) is 4.79 Å². The summed E-state index contributed by atoms with van der Waals surface area (Å²) in [6, 6.07) is 7.11. The zero-order valence-corrected chi connectivity index (χ0v) is 9.82. The van der Waals surface area contributed by atoms with Crippen LogP contribution in [0.1, 0.15) is 21.6 Å². The highest BCUT2D eigenvalue weighted by molar-refractivity contribution is 6.35. The van der Waals surface area contributed by atoms with Gasteiger partial charge in [0.2, 0.25) is 5.78 Å². The van der Waals surface area contributed by atoms with Crippen molar-refractivity contribution in [2.75, 3.05) is 0 Å². The van der Waals surface area contributed by atoms with Crippen LogP contribution in [0.15, 0.2) is 30.5 Å². The fourth-order valence-electron chi connectivity index (χ4n) is 1.56. The summed E-state index contributed by atoms with van der Waals surface area (Å²) < 4.78 is 1.54. The summed E-state index contributed by atoms with van der Waals surface area (Å²) in [6.45, 7) is 1.88. The maximum Gasteiger partial charge on any atom is 0.212 e. The van der Waals surface area contributed by atoms with Crippen LogP contribution in [0.4, 0.5) is 0 Å².